The largest absolute Gasteiger partial charge is 0.508 e. The summed E-state index contributed by atoms with van der Waals surface area (Å²) in [5.41, 5.74) is 11.8. The number of benzene rings is 1. The highest BCUT2D eigenvalue weighted by atomic mass is 16.6. The third-order valence-corrected chi connectivity index (χ3v) is 6.44. The molecule has 0 aliphatic carbocycles. The number of esters is 2. The van der Waals surface area contributed by atoms with E-state index in [1.807, 2.05) is 13.8 Å². The number of carbonyl (C=O) groups excluding carboxylic acids is 2. The Labute approximate surface area is 235 Å². The van der Waals surface area contributed by atoms with E-state index in [1.165, 1.54) is 76.3 Å². The Hall–Kier alpha value is -2.45. The van der Waals surface area contributed by atoms with Crippen LogP contribution in [0.25, 0.3) is 0 Å². The number of ether oxygens (including phenoxy) is 1. The zero-order valence-corrected chi connectivity index (χ0v) is 24.5. The van der Waals surface area contributed by atoms with E-state index < -0.39 is 30.0 Å². The van der Waals surface area contributed by atoms with Gasteiger partial charge in [0.05, 0.1) is 0 Å². The van der Waals surface area contributed by atoms with Crippen molar-refractivity contribution in [3.8, 4) is 5.75 Å². The number of hydrogen-bond acceptors (Lipinski definition) is 7. The molecule has 2 unspecified atom stereocenters. The zero-order valence-electron chi connectivity index (χ0n) is 24.5. The molecule has 6 N–H and O–H groups in total. The van der Waals surface area contributed by atoms with Gasteiger partial charge in [-0.2, -0.15) is 0 Å². The van der Waals surface area contributed by atoms with Gasteiger partial charge in [0.25, 0.3) is 0 Å². The average Bonchev–Trinajstić information content (AvgIpc) is 2.88. The molecule has 0 bridgehead atoms. The van der Waals surface area contributed by atoms with Crippen molar-refractivity contribution in [3.63, 3.8) is 0 Å². The van der Waals surface area contributed by atoms with E-state index in [0.29, 0.717) is 12.3 Å². The molecule has 2 atom stereocenters. The van der Waals surface area contributed by atoms with E-state index in [2.05, 4.69) is 6.92 Å². The van der Waals surface area contributed by atoms with Crippen molar-refractivity contribution in [1.29, 1.82) is 0 Å². The summed E-state index contributed by atoms with van der Waals surface area (Å²) in [4.78, 5) is 33.9. The van der Waals surface area contributed by atoms with Crippen LogP contribution in [0.3, 0.4) is 0 Å². The Morgan fingerprint density at radius 2 is 1.23 bits per heavy atom. The SMILES string of the molecule is CC(C)CC(N)C(=O)O.CCCCCCCCCCCCCCCC(=O)OC(=O)C(N)Cc1ccc(O)cc1. The fourth-order valence-corrected chi connectivity index (χ4v) is 4.10. The summed E-state index contributed by atoms with van der Waals surface area (Å²) in [6.07, 6.45) is 17.2. The smallest absolute Gasteiger partial charge is 0.330 e. The lowest BCUT2D eigenvalue weighted by molar-refractivity contribution is -0.160. The minimum Gasteiger partial charge on any atom is -0.508 e. The lowest BCUT2D eigenvalue weighted by Gasteiger charge is -2.10. The van der Waals surface area contributed by atoms with Crippen LogP contribution in [-0.4, -0.2) is 40.2 Å². The van der Waals surface area contributed by atoms with Crippen LogP contribution in [0.15, 0.2) is 24.3 Å². The molecule has 0 fully saturated rings. The fraction of sp³-hybridized carbons (Fsp3) is 0.710. The van der Waals surface area contributed by atoms with Crippen LogP contribution in [0.4, 0.5) is 0 Å². The molecule has 0 aliphatic rings. The first-order chi connectivity index (χ1) is 18.6. The van der Waals surface area contributed by atoms with Gasteiger partial charge in [-0.15, -0.1) is 0 Å². The molecule has 8 nitrogen and oxygen atoms in total. The van der Waals surface area contributed by atoms with Crippen LogP contribution in [0.1, 0.15) is 123 Å². The van der Waals surface area contributed by atoms with E-state index in [1.54, 1.807) is 12.1 Å². The second-order valence-corrected chi connectivity index (χ2v) is 10.8. The lowest BCUT2D eigenvalue weighted by atomic mass is 10.0. The van der Waals surface area contributed by atoms with Crippen LogP contribution in [0.5, 0.6) is 5.75 Å². The summed E-state index contributed by atoms with van der Waals surface area (Å²) in [6, 6.07) is 4.88. The fourth-order valence-electron chi connectivity index (χ4n) is 4.10. The lowest BCUT2D eigenvalue weighted by Crippen LogP contribution is -2.35. The summed E-state index contributed by atoms with van der Waals surface area (Å²) in [7, 11) is 0. The molecule has 1 rings (SSSR count). The number of phenolic OH excluding ortho intramolecular Hbond substituents is 1. The van der Waals surface area contributed by atoms with Crippen molar-refractivity contribution in [2.45, 2.75) is 136 Å². The normalized spacial score (nSPS) is 12.4. The Balaban J connectivity index is 0.00000137. The number of carboxylic acids is 1. The van der Waals surface area contributed by atoms with Gasteiger partial charge < -0.3 is 26.4 Å². The predicted octanol–water partition coefficient (Wildman–Crippen LogP) is 6.26. The first-order valence-corrected chi connectivity index (χ1v) is 14.8. The highest BCUT2D eigenvalue weighted by Gasteiger charge is 2.19. The number of hydrogen-bond donors (Lipinski definition) is 4. The Morgan fingerprint density at radius 1 is 0.769 bits per heavy atom. The summed E-state index contributed by atoms with van der Waals surface area (Å²) in [5, 5.41) is 17.6. The molecular formula is C31H54N2O6. The van der Waals surface area contributed by atoms with Gasteiger partial charge in [-0.05, 0) is 42.9 Å². The molecule has 1 aromatic carbocycles. The van der Waals surface area contributed by atoms with Gasteiger partial charge in [0, 0.05) is 6.42 Å². The molecule has 0 amide bonds. The van der Waals surface area contributed by atoms with Crippen LogP contribution < -0.4 is 11.5 Å². The molecule has 0 saturated heterocycles. The number of rotatable bonds is 20. The van der Waals surface area contributed by atoms with Crippen LogP contribution in [0, 0.1) is 5.92 Å². The quantitative estimate of drug-likeness (QED) is 0.0843. The second-order valence-electron chi connectivity index (χ2n) is 10.8. The highest BCUT2D eigenvalue weighted by Crippen LogP contribution is 2.14. The van der Waals surface area contributed by atoms with Crippen molar-refractivity contribution in [2.75, 3.05) is 0 Å². The Kier molecular flexibility index (Phi) is 22.0. The summed E-state index contributed by atoms with van der Waals surface area (Å²) in [6.45, 7) is 6.14. The van der Waals surface area contributed by atoms with E-state index in [4.69, 9.17) is 21.3 Å². The van der Waals surface area contributed by atoms with Gasteiger partial charge in [0.1, 0.15) is 17.8 Å². The molecule has 0 radical (unpaired) electrons. The van der Waals surface area contributed by atoms with Gasteiger partial charge in [-0.3, -0.25) is 9.59 Å². The summed E-state index contributed by atoms with van der Waals surface area (Å²) in [5.74, 6) is -1.59. The van der Waals surface area contributed by atoms with E-state index in [0.717, 1.165) is 24.8 Å². The molecule has 39 heavy (non-hydrogen) atoms. The monoisotopic (exact) mass is 550 g/mol. The van der Waals surface area contributed by atoms with Crippen LogP contribution in [0.2, 0.25) is 0 Å². The maximum atomic E-state index is 11.9. The maximum absolute atomic E-state index is 11.9. The van der Waals surface area contributed by atoms with Crippen molar-refractivity contribution >= 4 is 17.9 Å². The molecule has 0 saturated carbocycles. The van der Waals surface area contributed by atoms with E-state index in [9.17, 15) is 19.5 Å². The number of aliphatic carboxylic acids is 1. The second kappa shape index (κ2) is 23.4. The highest BCUT2D eigenvalue weighted by molar-refractivity contribution is 5.88. The van der Waals surface area contributed by atoms with E-state index in [-0.39, 0.29) is 18.6 Å². The minimum absolute atomic E-state index is 0.155. The predicted molar refractivity (Wildman–Crippen MR) is 156 cm³/mol. The van der Waals surface area contributed by atoms with Gasteiger partial charge in [0.2, 0.25) is 0 Å². The molecule has 224 valence electrons. The number of carboxylic acid groups (broad SMARTS) is 1. The topological polar surface area (TPSA) is 153 Å². The van der Waals surface area contributed by atoms with Crippen molar-refractivity contribution < 1.29 is 29.3 Å². The Morgan fingerprint density at radius 3 is 1.64 bits per heavy atom. The summed E-state index contributed by atoms with van der Waals surface area (Å²) < 4.78 is 4.86. The van der Waals surface area contributed by atoms with Gasteiger partial charge in [0.15, 0.2) is 0 Å². The Bertz CT molecular complexity index is 782. The molecular weight excluding hydrogens is 496 g/mol. The van der Waals surface area contributed by atoms with Gasteiger partial charge in [-0.25, -0.2) is 4.79 Å². The molecule has 0 spiro atoms. The number of carbonyl (C=O) groups is 3. The number of unbranched alkanes of at least 4 members (excludes halogenated alkanes) is 12. The molecule has 0 heterocycles. The zero-order chi connectivity index (χ0) is 29.5. The summed E-state index contributed by atoms with van der Waals surface area (Å²) >= 11 is 0. The minimum atomic E-state index is -0.913. The van der Waals surface area contributed by atoms with Gasteiger partial charge in [-0.1, -0.05) is 110 Å². The molecule has 1 aromatic rings. The average molecular weight is 551 g/mol. The van der Waals surface area contributed by atoms with Crippen molar-refractivity contribution in [2.24, 2.45) is 17.4 Å². The molecule has 0 aromatic heterocycles. The first-order valence-electron chi connectivity index (χ1n) is 14.8. The molecule has 8 heteroatoms. The van der Waals surface area contributed by atoms with Crippen molar-refractivity contribution in [3.05, 3.63) is 29.8 Å². The van der Waals surface area contributed by atoms with E-state index >= 15 is 0 Å². The number of phenols is 1. The van der Waals surface area contributed by atoms with Crippen molar-refractivity contribution in [1.82, 2.24) is 0 Å². The third-order valence-electron chi connectivity index (χ3n) is 6.44. The van der Waals surface area contributed by atoms with Gasteiger partial charge >= 0.3 is 17.9 Å². The third kappa shape index (κ3) is 22.1. The van der Waals surface area contributed by atoms with Crippen LogP contribution >= 0.6 is 0 Å². The maximum Gasteiger partial charge on any atom is 0.330 e. The number of nitrogens with two attached hydrogens (primary N) is 2. The van der Waals surface area contributed by atoms with Crippen LogP contribution in [-0.2, 0) is 25.5 Å². The first kappa shape index (κ1) is 36.5. The standard InChI is InChI=1S/C25H41NO4.C6H13NO2/c1-2-3-4-5-6-7-8-9-10-11-12-13-14-15-24(28)30-25(29)23(26)20-21-16-18-22(27)19-17-21;1-4(2)3-5(7)6(8)9/h16-19,23,27H,2-15,20,26H2,1H3;4-5H,3,7H2,1-2H3,(H,8,9). The molecule has 0 aliphatic heterocycles. The number of aromatic hydroxyl groups is 1.